The Morgan fingerprint density at radius 2 is 2.00 bits per heavy atom. The second-order valence-corrected chi connectivity index (χ2v) is 7.73. The molecule has 1 aromatic carbocycles. The molecule has 0 radical (unpaired) electrons. The van der Waals surface area contributed by atoms with Crippen molar-refractivity contribution in [3.8, 4) is 11.4 Å². The van der Waals surface area contributed by atoms with Gasteiger partial charge in [-0.1, -0.05) is 0 Å². The number of non-ortho nitro benzene ring substituents is 1. The number of nitro groups is 1. The highest BCUT2D eigenvalue weighted by Crippen LogP contribution is 2.34. The average molecular weight is 426 g/mol. The number of thiophene rings is 1. The van der Waals surface area contributed by atoms with Crippen molar-refractivity contribution in [3.05, 3.63) is 62.1 Å². The molecule has 0 fully saturated rings. The summed E-state index contributed by atoms with van der Waals surface area (Å²) < 4.78 is 7.16. The SMILES string of the molecule is COCc1cc(C)nc2sc3c(=O)n(CCO)c(-c4ccc([N+](=O)[O-])cc4)nc3c12. The summed E-state index contributed by atoms with van der Waals surface area (Å²) in [6.45, 7) is 2.03. The Bertz CT molecular complexity index is 1330. The van der Waals surface area contributed by atoms with Gasteiger partial charge < -0.3 is 9.84 Å². The molecule has 0 amide bonds. The van der Waals surface area contributed by atoms with Crippen LogP contribution in [0.15, 0.2) is 35.1 Å². The Morgan fingerprint density at radius 1 is 1.27 bits per heavy atom. The smallest absolute Gasteiger partial charge is 0.271 e. The second kappa shape index (κ2) is 7.90. The second-order valence-electron chi connectivity index (χ2n) is 6.74. The molecule has 0 aliphatic heterocycles. The Morgan fingerprint density at radius 3 is 2.63 bits per heavy atom. The van der Waals surface area contributed by atoms with Crippen molar-refractivity contribution in [2.75, 3.05) is 13.7 Å². The number of nitro benzene ring substituents is 1. The summed E-state index contributed by atoms with van der Waals surface area (Å²) in [5.74, 6) is 0.333. The van der Waals surface area contributed by atoms with Gasteiger partial charge in [0.15, 0.2) is 0 Å². The summed E-state index contributed by atoms with van der Waals surface area (Å²) >= 11 is 1.26. The molecule has 30 heavy (non-hydrogen) atoms. The van der Waals surface area contributed by atoms with Gasteiger partial charge in [0.25, 0.3) is 11.2 Å². The van der Waals surface area contributed by atoms with Gasteiger partial charge >= 0.3 is 0 Å². The molecule has 9 nitrogen and oxygen atoms in total. The van der Waals surface area contributed by atoms with Gasteiger partial charge in [0.1, 0.15) is 15.4 Å². The topological polar surface area (TPSA) is 120 Å². The first-order chi connectivity index (χ1) is 14.4. The number of aromatic nitrogens is 3. The fourth-order valence-electron chi connectivity index (χ4n) is 3.46. The number of pyridine rings is 1. The van der Waals surface area contributed by atoms with Crippen molar-refractivity contribution in [3.63, 3.8) is 0 Å². The number of hydrogen-bond donors (Lipinski definition) is 1. The fourth-order valence-corrected chi connectivity index (χ4v) is 4.62. The van der Waals surface area contributed by atoms with Gasteiger partial charge in [-0.2, -0.15) is 0 Å². The predicted octanol–water partition coefficient (Wildman–Crippen LogP) is 3.03. The lowest BCUT2D eigenvalue weighted by molar-refractivity contribution is -0.384. The number of aliphatic hydroxyl groups is 1. The first kappa shape index (κ1) is 20.1. The quantitative estimate of drug-likeness (QED) is 0.372. The normalized spacial score (nSPS) is 11.4. The van der Waals surface area contributed by atoms with Crippen LogP contribution in [0.25, 0.3) is 31.8 Å². The zero-order valence-electron chi connectivity index (χ0n) is 16.3. The van der Waals surface area contributed by atoms with Crippen LogP contribution in [0.3, 0.4) is 0 Å². The van der Waals surface area contributed by atoms with Crippen LogP contribution in [0.5, 0.6) is 0 Å². The summed E-state index contributed by atoms with van der Waals surface area (Å²) in [4.78, 5) is 33.8. The lowest BCUT2D eigenvalue weighted by Crippen LogP contribution is -2.24. The van der Waals surface area contributed by atoms with E-state index in [2.05, 4.69) is 4.98 Å². The highest BCUT2D eigenvalue weighted by atomic mass is 32.1. The Hall–Kier alpha value is -3.21. The Kier molecular flexibility index (Phi) is 5.29. The number of methoxy groups -OCH3 is 1. The van der Waals surface area contributed by atoms with Crippen molar-refractivity contribution in [2.24, 2.45) is 0 Å². The lowest BCUT2D eigenvalue weighted by atomic mass is 10.1. The van der Waals surface area contributed by atoms with E-state index >= 15 is 0 Å². The number of aliphatic hydroxyl groups excluding tert-OH is 1. The number of fused-ring (bicyclic) bond motifs is 3. The number of ether oxygens (including phenoxy) is 1. The molecule has 1 N–H and O–H groups in total. The fraction of sp³-hybridized carbons (Fsp3) is 0.250. The first-order valence-electron chi connectivity index (χ1n) is 9.12. The third kappa shape index (κ3) is 3.34. The van der Waals surface area contributed by atoms with Crippen LogP contribution in [-0.2, 0) is 17.9 Å². The highest BCUT2D eigenvalue weighted by Gasteiger charge is 2.20. The van der Waals surface area contributed by atoms with Crippen molar-refractivity contribution in [2.45, 2.75) is 20.1 Å². The average Bonchev–Trinajstić information content (AvgIpc) is 3.09. The van der Waals surface area contributed by atoms with E-state index in [-0.39, 0.29) is 24.4 Å². The maximum Gasteiger partial charge on any atom is 0.271 e. The van der Waals surface area contributed by atoms with E-state index in [0.717, 1.165) is 16.6 Å². The molecule has 0 aliphatic carbocycles. The maximum atomic E-state index is 13.3. The molecule has 154 valence electrons. The minimum Gasteiger partial charge on any atom is -0.395 e. The summed E-state index contributed by atoms with van der Waals surface area (Å²) in [6.07, 6.45) is 0. The van der Waals surface area contributed by atoms with Crippen molar-refractivity contribution in [1.29, 1.82) is 0 Å². The third-order valence-corrected chi connectivity index (χ3v) is 5.78. The van der Waals surface area contributed by atoms with Crippen LogP contribution < -0.4 is 5.56 Å². The number of rotatable bonds is 6. The summed E-state index contributed by atoms with van der Waals surface area (Å²) in [5, 5.41) is 21.2. The molecule has 0 unspecified atom stereocenters. The van der Waals surface area contributed by atoms with E-state index in [1.165, 1.54) is 28.0 Å². The molecule has 0 saturated heterocycles. The molecule has 0 atom stereocenters. The number of benzene rings is 1. The molecule has 0 saturated carbocycles. The van der Waals surface area contributed by atoms with Gasteiger partial charge in [-0.15, -0.1) is 11.3 Å². The summed E-state index contributed by atoms with van der Waals surface area (Å²) in [5.41, 5.74) is 2.41. The molecule has 0 bridgehead atoms. The van der Waals surface area contributed by atoms with Crippen molar-refractivity contribution >= 4 is 37.5 Å². The van der Waals surface area contributed by atoms with Gasteiger partial charge in [-0.3, -0.25) is 19.5 Å². The van der Waals surface area contributed by atoms with Gasteiger partial charge in [0.05, 0.1) is 30.2 Å². The van der Waals surface area contributed by atoms with E-state index in [0.29, 0.717) is 33.0 Å². The summed E-state index contributed by atoms with van der Waals surface area (Å²) in [7, 11) is 1.60. The Labute approximate surface area is 174 Å². The van der Waals surface area contributed by atoms with Gasteiger partial charge in [-0.05, 0) is 30.7 Å². The standard InChI is InChI=1S/C20H18N4O5S/c1-11-9-13(10-29-2)15-16-17(30-19(15)21-11)20(26)23(7-8-25)18(22-16)12-3-5-14(6-4-12)24(27)28/h3-6,9,25H,7-8,10H2,1-2H3. The molecule has 10 heteroatoms. The van der Waals surface area contributed by atoms with E-state index in [9.17, 15) is 20.0 Å². The van der Waals surface area contributed by atoms with Crippen LogP contribution in [0.2, 0.25) is 0 Å². The zero-order chi connectivity index (χ0) is 21.4. The molecule has 4 aromatic rings. The van der Waals surface area contributed by atoms with Crippen molar-refractivity contribution in [1.82, 2.24) is 14.5 Å². The number of aryl methyl sites for hydroxylation is 1. The zero-order valence-corrected chi connectivity index (χ0v) is 17.1. The lowest BCUT2D eigenvalue weighted by Gasteiger charge is -2.12. The molecular weight excluding hydrogens is 408 g/mol. The molecular formula is C20H18N4O5S. The van der Waals surface area contributed by atoms with Gasteiger partial charge in [0, 0.05) is 35.9 Å². The molecule has 3 aromatic heterocycles. The van der Waals surface area contributed by atoms with Crippen LogP contribution >= 0.6 is 11.3 Å². The third-order valence-electron chi connectivity index (χ3n) is 4.72. The van der Waals surface area contributed by atoms with Crippen LogP contribution in [0, 0.1) is 17.0 Å². The molecule has 0 aliphatic rings. The number of nitrogens with zero attached hydrogens (tertiary/aromatic N) is 4. The largest absolute Gasteiger partial charge is 0.395 e. The number of hydrogen-bond acceptors (Lipinski definition) is 8. The molecule has 3 heterocycles. The Balaban J connectivity index is 2.06. The van der Waals surface area contributed by atoms with Crippen LogP contribution in [0.4, 0.5) is 5.69 Å². The van der Waals surface area contributed by atoms with E-state index in [4.69, 9.17) is 9.72 Å². The van der Waals surface area contributed by atoms with Crippen molar-refractivity contribution < 1.29 is 14.8 Å². The van der Waals surface area contributed by atoms with Gasteiger partial charge in [0.2, 0.25) is 0 Å². The minimum absolute atomic E-state index is 0.0553. The highest BCUT2D eigenvalue weighted by molar-refractivity contribution is 7.25. The summed E-state index contributed by atoms with van der Waals surface area (Å²) in [6, 6.07) is 7.73. The minimum atomic E-state index is -0.487. The van der Waals surface area contributed by atoms with E-state index < -0.39 is 4.92 Å². The first-order valence-corrected chi connectivity index (χ1v) is 9.94. The maximum absolute atomic E-state index is 13.3. The van der Waals surface area contributed by atoms with Gasteiger partial charge in [-0.25, -0.2) is 9.97 Å². The monoisotopic (exact) mass is 426 g/mol. The van der Waals surface area contributed by atoms with Crippen LogP contribution in [0.1, 0.15) is 11.3 Å². The van der Waals surface area contributed by atoms with Crippen LogP contribution in [-0.4, -0.2) is 38.3 Å². The molecule has 4 rings (SSSR count). The predicted molar refractivity (Wildman–Crippen MR) is 114 cm³/mol. The molecule has 0 spiro atoms. The van der Waals surface area contributed by atoms with E-state index in [1.54, 1.807) is 19.2 Å². The van der Waals surface area contributed by atoms with E-state index in [1.807, 2.05) is 13.0 Å².